The Hall–Kier alpha value is -1.88. The molecule has 0 atom stereocenters. The number of rotatable bonds is 2. The Balaban J connectivity index is 1.78. The van der Waals surface area contributed by atoms with Crippen molar-refractivity contribution in [1.82, 2.24) is 21.5 Å². The van der Waals surface area contributed by atoms with Crippen LogP contribution in [0.4, 0.5) is 0 Å². The molecule has 0 aliphatic heterocycles. The molecule has 134 valence electrons. The molecule has 2 aromatic rings. The molecule has 2 amide bonds. The fourth-order valence-electron chi connectivity index (χ4n) is 1.73. The van der Waals surface area contributed by atoms with Gasteiger partial charge < -0.3 is 0 Å². The van der Waals surface area contributed by atoms with Crippen molar-refractivity contribution in [3.63, 3.8) is 0 Å². The quantitative estimate of drug-likeness (QED) is 0.363. The van der Waals surface area contributed by atoms with Gasteiger partial charge in [-0.2, -0.15) is 0 Å². The van der Waals surface area contributed by atoms with Crippen molar-refractivity contribution in [2.45, 2.75) is 0 Å². The van der Waals surface area contributed by atoms with E-state index < -0.39 is 0 Å². The molecule has 0 aromatic heterocycles. The van der Waals surface area contributed by atoms with Crippen LogP contribution < -0.4 is 21.5 Å². The number of benzene rings is 2. The highest BCUT2D eigenvalue weighted by molar-refractivity contribution is 9.10. The van der Waals surface area contributed by atoms with E-state index in [-0.39, 0.29) is 22.0 Å². The fourth-order valence-corrected chi connectivity index (χ4v) is 2.55. The monoisotopic (exact) mass is 514 g/mol. The number of thiocarbonyl (C=S) groups is 2. The van der Waals surface area contributed by atoms with Crippen LogP contribution in [0.1, 0.15) is 20.7 Å². The molecular formula is C16H12Br2N4O2S2. The lowest BCUT2D eigenvalue weighted by molar-refractivity contribution is 0.0966. The van der Waals surface area contributed by atoms with Crippen LogP contribution >= 0.6 is 56.3 Å². The van der Waals surface area contributed by atoms with Crippen molar-refractivity contribution in [1.29, 1.82) is 0 Å². The van der Waals surface area contributed by atoms with Gasteiger partial charge in [-0.25, -0.2) is 0 Å². The SMILES string of the molecule is O=C(NC(=S)NNC(=S)NC(=O)c1ccc(Br)cc1)c1ccc(Br)cc1. The summed E-state index contributed by atoms with van der Waals surface area (Å²) in [5, 5.41) is 5.00. The molecule has 2 rings (SSSR count). The smallest absolute Gasteiger partial charge is 0.257 e. The van der Waals surface area contributed by atoms with E-state index in [0.717, 1.165) is 8.95 Å². The Labute approximate surface area is 177 Å². The van der Waals surface area contributed by atoms with E-state index in [0.29, 0.717) is 11.1 Å². The maximum absolute atomic E-state index is 12.0. The van der Waals surface area contributed by atoms with Crippen molar-refractivity contribution in [2.24, 2.45) is 0 Å². The van der Waals surface area contributed by atoms with Gasteiger partial charge in [0.2, 0.25) is 0 Å². The minimum absolute atomic E-state index is 0.0122. The number of carbonyl (C=O) groups is 2. The van der Waals surface area contributed by atoms with E-state index in [4.69, 9.17) is 24.4 Å². The predicted octanol–water partition coefficient (Wildman–Crippen LogP) is 3.04. The summed E-state index contributed by atoms with van der Waals surface area (Å²) >= 11 is 16.6. The zero-order chi connectivity index (χ0) is 19.1. The summed E-state index contributed by atoms with van der Waals surface area (Å²) in [6, 6.07) is 13.6. The molecule has 26 heavy (non-hydrogen) atoms. The van der Waals surface area contributed by atoms with Crippen molar-refractivity contribution in [3.8, 4) is 0 Å². The van der Waals surface area contributed by atoms with E-state index in [1.807, 2.05) is 0 Å². The molecule has 6 nitrogen and oxygen atoms in total. The summed E-state index contributed by atoms with van der Waals surface area (Å²) in [5.41, 5.74) is 5.97. The van der Waals surface area contributed by atoms with Gasteiger partial charge in [-0.3, -0.25) is 31.1 Å². The highest BCUT2D eigenvalue weighted by Crippen LogP contribution is 2.11. The summed E-state index contributed by atoms with van der Waals surface area (Å²) < 4.78 is 1.73. The van der Waals surface area contributed by atoms with Crippen molar-refractivity contribution in [2.75, 3.05) is 0 Å². The maximum Gasteiger partial charge on any atom is 0.257 e. The maximum atomic E-state index is 12.0. The van der Waals surface area contributed by atoms with Crippen LogP contribution in [-0.4, -0.2) is 22.0 Å². The van der Waals surface area contributed by atoms with Gasteiger partial charge in [-0.15, -0.1) is 0 Å². The second-order valence-corrected chi connectivity index (χ2v) is 7.48. The van der Waals surface area contributed by atoms with Crippen molar-refractivity contribution < 1.29 is 9.59 Å². The lowest BCUT2D eigenvalue weighted by atomic mass is 10.2. The van der Waals surface area contributed by atoms with Gasteiger partial charge in [0, 0.05) is 20.1 Å². The van der Waals surface area contributed by atoms with Crippen molar-refractivity contribution >= 4 is 78.3 Å². The molecule has 0 aliphatic carbocycles. The van der Waals surface area contributed by atoms with Crippen LogP contribution in [0.25, 0.3) is 0 Å². The molecule has 0 bridgehead atoms. The van der Waals surface area contributed by atoms with E-state index in [2.05, 4.69) is 53.3 Å². The third-order valence-corrected chi connectivity index (χ3v) is 4.42. The summed E-state index contributed by atoms with van der Waals surface area (Å²) in [4.78, 5) is 24.0. The first-order valence-electron chi connectivity index (χ1n) is 7.09. The van der Waals surface area contributed by atoms with E-state index in [9.17, 15) is 9.59 Å². The molecule has 0 radical (unpaired) electrons. The van der Waals surface area contributed by atoms with E-state index >= 15 is 0 Å². The molecule has 4 N–H and O–H groups in total. The van der Waals surface area contributed by atoms with Gasteiger partial charge >= 0.3 is 0 Å². The number of hydrazine groups is 1. The lowest BCUT2D eigenvalue weighted by Gasteiger charge is -2.13. The van der Waals surface area contributed by atoms with Crippen LogP contribution in [0, 0.1) is 0 Å². The van der Waals surface area contributed by atoms with E-state index in [1.165, 1.54) is 0 Å². The number of carbonyl (C=O) groups excluding carboxylic acids is 2. The molecule has 0 saturated carbocycles. The summed E-state index contributed by atoms with van der Waals surface area (Å²) in [5.74, 6) is -0.747. The minimum Gasteiger partial charge on any atom is -0.298 e. The first-order chi connectivity index (χ1) is 12.3. The molecule has 0 heterocycles. The zero-order valence-corrected chi connectivity index (χ0v) is 17.8. The number of hydrogen-bond donors (Lipinski definition) is 4. The lowest BCUT2D eigenvalue weighted by Crippen LogP contribution is -2.52. The Morgan fingerprint density at radius 3 is 1.27 bits per heavy atom. The van der Waals surface area contributed by atoms with Gasteiger partial charge in [-0.05, 0) is 73.0 Å². The third kappa shape index (κ3) is 6.45. The van der Waals surface area contributed by atoms with Crippen LogP contribution in [0.3, 0.4) is 0 Å². The molecular weight excluding hydrogens is 504 g/mol. The van der Waals surface area contributed by atoms with Crippen LogP contribution in [0.2, 0.25) is 0 Å². The highest BCUT2D eigenvalue weighted by Gasteiger charge is 2.10. The Morgan fingerprint density at radius 1 is 0.654 bits per heavy atom. The van der Waals surface area contributed by atoms with Gasteiger partial charge in [0.25, 0.3) is 11.8 Å². The second kappa shape index (κ2) is 9.72. The first-order valence-corrected chi connectivity index (χ1v) is 9.49. The molecule has 0 spiro atoms. The zero-order valence-electron chi connectivity index (χ0n) is 13.0. The van der Waals surface area contributed by atoms with Gasteiger partial charge in [0.15, 0.2) is 10.2 Å². The fraction of sp³-hybridized carbons (Fsp3) is 0. The number of hydrogen-bond acceptors (Lipinski definition) is 4. The Bertz CT molecular complexity index is 771. The molecule has 0 aliphatic rings. The minimum atomic E-state index is -0.374. The standard InChI is InChI=1S/C16H12Br2N4O2S2/c17-11-5-1-9(2-6-11)13(23)19-15(25)21-22-16(26)20-14(24)10-3-7-12(18)8-4-10/h1-8H,(H2,19,21,23,25)(H2,20,22,24,26). The summed E-state index contributed by atoms with van der Waals surface area (Å²) in [6.07, 6.45) is 0. The molecule has 2 aromatic carbocycles. The third-order valence-electron chi connectivity index (χ3n) is 2.96. The topological polar surface area (TPSA) is 82.3 Å². The van der Waals surface area contributed by atoms with Gasteiger partial charge in [0.05, 0.1) is 0 Å². The number of halogens is 2. The van der Waals surface area contributed by atoms with Crippen LogP contribution in [0.15, 0.2) is 57.5 Å². The normalized spacial score (nSPS) is 9.77. The second-order valence-electron chi connectivity index (χ2n) is 4.83. The first kappa shape index (κ1) is 20.4. The van der Waals surface area contributed by atoms with Crippen molar-refractivity contribution in [3.05, 3.63) is 68.6 Å². The largest absolute Gasteiger partial charge is 0.298 e. The number of amides is 2. The summed E-state index contributed by atoms with van der Waals surface area (Å²) in [6.45, 7) is 0. The molecule has 0 saturated heterocycles. The molecule has 10 heteroatoms. The highest BCUT2D eigenvalue weighted by atomic mass is 79.9. The summed E-state index contributed by atoms with van der Waals surface area (Å²) in [7, 11) is 0. The predicted molar refractivity (Wildman–Crippen MR) is 115 cm³/mol. The average Bonchev–Trinajstić information content (AvgIpc) is 2.61. The van der Waals surface area contributed by atoms with Gasteiger partial charge in [0.1, 0.15) is 0 Å². The van der Waals surface area contributed by atoms with Crippen LogP contribution in [0.5, 0.6) is 0 Å². The Kier molecular flexibility index (Phi) is 7.64. The van der Waals surface area contributed by atoms with Crippen LogP contribution in [-0.2, 0) is 0 Å². The number of nitrogens with one attached hydrogen (secondary N) is 4. The molecule has 0 unspecified atom stereocenters. The van der Waals surface area contributed by atoms with E-state index in [1.54, 1.807) is 48.5 Å². The Morgan fingerprint density at radius 2 is 0.962 bits per heavy atom. The average molecular weight is 516 g/mol. The van der Waals surface area contributed by atoms with Gasteiger partial charge in [-0.1, -0.05) is 31.9 Å². The molecule has 0 fully saturated rings.